The van der Waals surface area contributed by atoms with Crippen LogP contribution in [0.15, 0.2) is 36.4 Å². The zero-order valence-corrected chi connectivity index (χ0v) is 18.5. The third kappa shape index (κ3) is 6.88. The predicted octanol–water partition coefficient (Wildman–Crippen LogP) is 2.40. The number of anilines is 1. The van der Waals surface area contributed by atoms with Gasteiger partial charge in [-0.2, -0.15) is 0 Å². The summed E-state index contributed by atoms with van der Waals surface area (Å²) >= 11 is 0. The number of esters is 1. The molecule has 0 atom stereocenters. The summed E-state index contributed by atoms with van der Waals surface area (Å²) in [5.74, 6) is -3.39. The minimum Gasteiger partial charge on any atom is -0.490 e. The number of hydrogen-bond donors (Lipinski definition) is 1. The van der Waals surface area contributed by atoms with Gasteiger partial charge in [0.2, 0.25) is 0 Å². The van der Waals surface area contributed by atoms with Gasteiger partial charge < -0.3 is 29.2 Å². The third-order valence-electron chi connectivity index (χ3n) is 4.73. The maximum atomic E-state index is 13.2. The van der Waals surface area contributed by atoms with Crippen molar-refractivity contribution in [1.82, 2.24) is 4.90 Å². The number of hydrogen-bond acceptors (Lipinski definition) is 7. The molecule has 0 aromatic heterocycles. The number of carbonyl (C=O) groups excluding carboxylic acids is 3. The molecule has 0 bridgehead atoms. The van der Waals surface area contributed by atoms with Crippen LogP contribution in [0.25, 0.3) is 0 Å². The highest BCUT2D eigenvalue weighted by molar-refractivity contribution is 5.95. The van der Waals surface area contributed by atoms with E-state index in [0.717, 1.165) is 12.1 Å². The molecule has 1 aliphatic rings. The fraction of sp³-hybridized carbons (Fsp3) is 0.348. The van der Waals surface area contributed by atoms with Gasteiger partial charge in [-0.1, -0.05) is 0 Å². The first-order valence-corrected chi connectivity index (χ1v) is 10.5. The Labute approximate surface area is 194 Å². The van der Waals surface area contributed by atoms with Crippen LogP contribution in [0.1, 0.15) is 17.3 Å². The zero-order valence-electron chi connectivity index (χ0n) is 18.5. The molecule has 0 unspecified atom stereocenters. The van der Waals surface area contributed by atoms with Gasteiger partial charge in [0.1, 0.15) is 0 Å². The highest BCUT2D eigenvalue weighted by atomic mass is 19.2. The smallest absolute Gasteiger partial charge is 0.338 e. The molecule has 0 spiro atoms. The Morgan fingerprint density at radius 3 is 2.44 bits per heavy atom. The quantitative estimate of drug-likeness (QED) is 0.552. The molecule has 2 aromatic rings. The van der Waals surface area contributed by atoms with E-state index in [1.165, 1.54) is 24.3 Å². The number of halogens is 2. The molecule has 0 radical (unpaired) electrons. The SMILES string of the molecule is CCOc1cc(C(=O)OCC(=O)Nc2ccc(F)c(F)c2)ccc1OCC(=O)N1CCOCC1. The Kier molecular flexibility index (Phi) is 8.74. The Balaban J connectivity index is 1.56. The number of amides is 2. The highest BCUT2D eigenvalue weighted by Crippen LogP contribution is 2.29. The van der Waals surface area contributed by atoms with Crippen molar-refractivity contribution < 1.29 is 42.1 Å². The van der Waals surface area contributed by atoms with Crippen LogP contribution >= 0.6 is 0 Å². The van der Waals surface area contributed by atoms with Crippen molar-refractivity contribution in [3.8, 4) is 11.5 Å². The average Bonchev–Trinajstić information content (AvgIpc) is 2.84. The van der Waals surface area contributed by atoms with Crippen LogP contribution in [0.5, 0.6) is 11.5 Å². The van der Waals surface area contributed by atoms with Crippen molar-refractivity contribution in [3.63, 3.8) is 0 Å². The van der Waals surface area contributed by atoms with E-state index in [0.29, 0.717) is 26.3 Å². The number of ether oxygens (including phenoxy) is 4. The van der Waals surface area contributed by atoms with Gasteiger partial charge in [0.15, 0.2) is 36.3 Å². The fourth-order valence-electron chi connectivity index (χ4n) is 3.05. The molecular weight excluding hydrogens is 454 g/mol. The van der Waals surface area contributed by atoms with E-state index in [2.05, 4.69) is 5.32 Å². The lowest BCUT2D eigenvalue weighted by Crippen LogP contribution is -2.43. The number of nitrogens with one attached hydrogen (secondary N) is 1. The zero-order chi connectivity index (χ0) is 24.5. The van der Waals surface area contributed by atoms with Crippen LogP contribution in [0.4, 0.5) is 14.5 Å². The molecule has 34 heavy (non-hydrogen) atoms. The van der Waals surface area contributed by atoms with Crippen molar-refractivity contribution >= 4 is 23.5 Å². The van der Waals surface area contributed by atoms with Gasteiger partial charge in [0, 0.05) is 24.8 Å². The van der Waals surface area contributed by atoms with Crippen LogP contribution in [0.2, 0.25) is 0 Å². The molecule has 1 saturated heterocycles. The van der Waals surface area contributed by atoms with Crippen molar-refractivity contribution in [1.29, 1.82) is 0 Å². The molecule has 2 aromatic carbocycles. The third-order valence-corrected chi connectivity index (χ3v) is 4.73. The van der Waals surface area contributed by atoms with Gasteiger partial charge in [0.25, 0.3) is 11.8 Å². The summed E-state index contributed by atoms with van der Waals surface area (Å²) in [5, 5.41) is 2.30. The Bertz CT molecular complexity index is 1040. The van der Waals surface area contributed by atoms with E-state index in [4.69, 9.17) is 18.9 Å². The van der Waals surface area contributed by atoms with Crippen molar-refractivity contribution in [2.75, 3.05) is 51.4 Å². The maximum absolute atomic E-state index is 13.2. The molecule has 182 valence electrons. The largest absolute Gasteiger partial charge is 0.490 e. The molecule has 3 rings (SSSR count). The summed E-state index contributed by atoms with van der Waals surface area (Å²) in [6.45, 7) is 3.13. The summed E-state index contributed by atoms with van der Waals surface area (Å²) in [5.41, 5.74) is 0.114. The van der Waals surface area contributed by atoms with E-state index in [1.54, 1.807) is 11.8 Å². The number of benzene rings is 2. The topological polar surface area (TPSA) is 103 Å². The van der Waals surface area contributed by atoms with E-state index in [-0.39, 0.29) is 41.9 Å². The monoisotopic (exact) mass is 478 g/mol. The lowest BCUT2D eigenvalue weighted by molar-refractivity contribution is -0.137. The number of rotatable bonds is 9. The number of morpholine rings is 1. The molecule has 2 amide bonds. The van der Waals surface area contributed by atoms with Crippen LogP contribution < -0.4 is 14.8 Å². The summed E-state index contributed by atoms with van der Waals surface area (Å²) in [4.78, 5) is 38.2. The molecule has 0 aliphatic carbocycles. The van der Waals surface area contributed by atoms with Gasteiger partial charge in [-0.15, -0.1) is 0 Å². The number of carbonyl (C=O) groups is 3. The lowest BCUT2D eigenvalue weighted by atomic mass is 10.2. The fourth-order valence-corrected chi connectivity index (χ4v) is 3.05. The second-order valence-electron chi connectivity index (χ2n) is 7.13. The first kappa shape index (κ1) is 24.9. The van der Waals surface area contributed by atoms with Crippen LogP contribution in [0, 0.1) is 11.6 Å². The first-order chi connectivity index (χ1) is 16.4. The molecular formula is C23H24F2N2O7. The Hall–Kier alpha value is -3.73. The van der Waals surface area contributed by atoms with Gasteiger partial charge in [-0.05, 0) is 37.3 Å². The van der Waals surface area contributed by atoms with Crippen molar-refractivity contribution in [3.05, 3.63) is 53.6 Å². The van der Waals surface area contributed by atoms with Gasteiger partial charge in [0.05, 0.1) is 25.4 Å². The summed E-state index contributed by atoms with van der Waals surface area (Å²) < 4.78 is 47.5. The van der Waals surface area contributed by atoms with E-state index in [1.807, 2.05) is 0 Å². The van der Waals surface area contributed by atoms with E-state index in [9.17, 15) is 23.2 Å². The predicted molar refractivity (Wildman–Crippen MR) is 116 cm³/mol. The van der Waals surface area contributed by atoms with Crippen LogP contribution in [-0.2, 0) is 19.1 Å². The summed E-state index contributed by atoms with van der Waals surface area (Å²) in [6.07, 6.45) is 0. The molecule has 9 nitrogen and oxygen atoms in total. The second-order valence-corrected chi connectivity index (χ2v) is 7.13. The molecule has 0 saturated carbocycles. The molecule has 1 fully saturated rings. The Morgan fingerprint density at radius 1 is 0.971 bits per heavy atom. The van der Waals surface area contributed by atoms with Gasteiger partial charge in [-0.3, -0.25) is 9.59 Å². The minimum atomic E-state index is -1.12. The van der Waals surface area contributed by atoms with Gasteiger partial charge in [-0.25, -0.2) is 13.6 Å². The molecule has 11 heteroatoms. The van der Waals surface area contributed by atoms with E-state index < -0.39 is 30.1 Å². The second kappa shape index (κ2) is 11.9. The normalized spacial score (nSPS) is 13.2. The maximum Gasteiger partial charge on any atom is 0.338 e. The average molecular weight is 478 g/mol. The minimum absolute atomic E-state index is 0.0201. The molecule has 1 N–H and O–H groups in total. The highest BCUT2D eigenvalue weighted by Gasteiger charge is 2.19. The van der Waals surface area contributed by atoms with Crippen molar-refractivity contribution in [2.24, 2.45) is 0 Å². The molecule has 1 aliphatic heterocycles. The van der Waals surface area contributed by atoms with Crippen molar-refractivity contribution in [2.45, 2.75) is 6.92 Å². The van der Waals surface area contributed by atoms with Crippen LogP contribution in [0.3, 0.4) is 0 Å². The van der Waals surface area contributed by atoms with Gasteiger partial charge >= 0.3 is 5.97 Å². The Morgan fingerprint density at radius 2 is 1.74 bits per heavy atom. The summed E-state index contributed by atoms with van der Waals surface area (Å²) in [7, 11) is 0. The number of nitrogens with zero attached hydrogens (tertiary/aromatic N) is 1. The standard InChI is InChI=1S/C23H24F2N2O7/c1-2-32-20-11-15(3-6-19(20)33-14-22(29)27-7-9-31-10-8-27)23(30)34-13-21(28)26-16-4-5-17(24)18(25)12-16/h3-6,11-12H,2,7-10,13-14H2,1H3,(H,26,28). The molecule has 1 heterocycles. The first-order valence-electron chi connectivity index (χ1n) is 10.5. The summed E-state index contributed by atoms with van der Waals surface area (Å²) in [6, 6.07) is 7.11. The van der Waals surface area contributed by atoms with Crippen LogP contribution in [-0.4, -0.2) is 68.8 Å². The lowest BCUT2D eigenvalue weighted by Gasteiger charge is -2.26. The van der Waals surface area contributed by atoms with E-state index >= 15 is 0 Å².